The van der Waals surface area contributed by atoms with Crippen LogP contribution in [-0.2, 0) is 10.5 Å². The van der Waals surface area contributed by atoms with Gasteiger partial charge in [0.15, 0.2) is 0 Å². The maximum atomic E-state index is 12.1. The summed E-state index contributed by atoms with van der Waals surface area (Å²) in [6, 6.07) is 9.79. The number of nitrogens with two attached hydrogens (primary N) is 1. The third-order valence-electron chi connectivity index (χ3n) is 4.41. The molecule has 3 rings (SSSR count). The van der Waals surface area contributed by atoms with Gasteiger partial charge in [-0.2, -0.15) is 0 Å². The van der Waals surface area contributed by atoms with Crippen molar-refractivity contribution in [2.75, 3.05) is 12.3 Å². The first kappa shape index (κ1) is 19.8. The van der Waals surface area contributed by atoms with Crippen LogP contribution in [0.4, 0.5) is 0 Å². The van der Waals surface area contributed by atoms with Gasteiger partial charge < -0.3 is 15.5 Å². The van der Waals surface area contributed by atoms with Gasteiger partial charge in [0.1, 0.15) is 6.26 Å². The predicted molar refractivity (Wildman–Crippen MR) is 104 cm³/mol. The first-order valence-corrected chi connectivity index (χ1v) is 9.45. The van der Waals surface area contributed by atoms with Crippen LogP contribution in [0.3, 0.4) is 0 Å². The van der Waals surface area contributed by atoms with Gasteiger partial charge in [-0.15, -0.1) is 24.2 Å². The topological polar surface area (TPSA) is 81.1 Å². The zero-order valence-corrected chi connectivity index (χ0v) is 15.7. The van der Waals surface area contributed by atoms with Crippen molar-refractivity contribution in [3.05, 3.63) is 42.3 Å². The second-order valence-corrected chi connectivity index (χ2v) is 7.23. The van der Waals surface area contributed by atoms with E-state index in [9.17, 15) is 4.79 Å². The first-order valence-electron chi connectivity index (χ1n) is 8.29. The van der Waals surface area contributed by atoms with Crippen LogP contribution in [0.1, 0.15) is 31.4 Å². The van der Waals surface area contributed by atoms with E-state index in [4.69, 9.17) is 10.2 Å². The Morgan fingerprint density at radius 2 is 2.00 bits per heavy atom. The lowest BCUT2D eigenvalue weighted by molar-refractivity contribution is -0.120. The number of hydrogen-bond acceptors (Lipinski definition) is 5. The second-order valence-electron chi connectivity index (χ2n) is 6.24. The fraction of sp³-hybridized carbons (Fsp3) is 0.444. The van der Waals surface area contributed by atoms with Crippen molar-refractivity contribution in [1.29, 1.82) is 0 Å². The summed E-state index contributed by atoms with van der Waals surface area (Å²) in [5.74, 6) is 1.73. The van der Waals surface area contributed by atoms with Gasteiger partial charge >= 0.3 is 0 Å². The Bertz CT molecular complexity index is 672. The smallest absolute Gasteiger partial charge is 0.230 e. The number of oxazole rings is 1. The van der Waals surface area contributed by atoms with E-state index in [1.165, 1.54) is 0 Å². The minimum absolute atomic E-state index is 0. The van der Waals surface area contributed by atoms with Gasteiger partial charge in [0, 0.05) is 17.9 Å². The molecule has 5 nitrogen and oxygen atoms in total. The Kier molecular flexibility index (Phi) is 7.35. The molecule has 0 saturated heterocycles. The lowest BCUT2D eigenvalue weighted by Gasteiger charge is -2.28. The molecular weight excluding hydrogens is 358 g/mol. The van der Waals surface area contributed by atoms with Crippen molar-refractivity contribution in [3.63, 3.8) is 0 Å². The highest BCUT2D eigenvalue weighted by atomic mass is 35.5. The minimum atomic E-state index is -0.175. The maximum Gasteiger partial charge on any atom is 0.230 e. The Hall–Kier alpha value is -1.50. The fourth-order valence-corrected chi connectivity index (χ4v) is 3.80. The molecule has 1 aliphatic rings. The van der Waals surface area contributed by atoms with E-state index in [0.29, 0.717) is 23.9 Å². The number of benzene rings is 1. The molecule has 0 radical (unpaired) electrons. The lowest BCUT2D eigenvalue weighted by Crippen LogP contribution is -2.52. The molecule has 1 amide bonds. The van der Waals surface area contributed by atoms with E-state index < -0.39 is 0 Å². The van der Waals surface area contributed by atoms with Crippen molar-refractivity contribution >= 4 is 30.1 Å². The Labute approximate surface area is 158 Å². The van der Waals surface area contributed by atoms with Gasteiger partial charge in [0.05, 0.1) is 17.0 Å². The Morgan fingerprint density at radius 3 is 2.68 bits per heavy atom. The molecule has 1 aromatic carbocycles. The maximum absolute atomic E-state index is 12.1. The summed E-state index contributed by atoms with van der Waals surface area (Å²) in [4.78, 5) is 16.6. The number of carbonyl (C=O) groups excluding carboxylic acids is 1. The van der Waals surface area contributed by atoms with Gasteiger partial charge in [-0.1, -0.05) is 31.0 Å². The Morgan fingerprint density at radius 1 is 1.28 bits per heavy atom. The van der Waals surface area contributed by atoms with Gasteiger partial charge in [-0.3, -0.25) is 4.79 Å². The average Bonchev–Trinajstić information content (AvgIpc) is 3.26. The SMILES string of the molecule is Cl.NCC1(NC(=O)CSCc2coc(-c3ccccc3)n2)CCCC1. The van der Waals surface area contributed by atoms with Crippen LogP contribution in [-0.4, -0.2) is 28.7 Å². The van der Waals surface area contributed by atoms with Crippen LogP contribution in [0.5, 0.6) is 0 Å². The molecule has 136 valence electrons. The van der Waals surface area contributed by atoms with Crippen LogP contribution in [0.2, 0.25) is 0 Å². The lowest BCUT2D eigenvalue weighted by atomic mass is 9.98. The molecule has 2 aromatic rings. The number of rotatable bonds is 7. The third-order valence-corrected chi connectivity index (χ3v) is 5.38. The summed E-state index contributed by atoms with van der Waals surface area (Å²) in [6.07, 6.45) is 5.93. The summed E-state index contributed by atoms with van der Waals surface area (Å²) in [5.41, 5.74) is 7.48. The Balaban J connectivity index is 0.00000225. The zero-order chi connectivity index (χ0) is 16.8. The number of carbonyl (C=O) groups is 1. The van der Waals surface area contributed by atoms with Crippen molar-refractivity contribution in [2.45, 2.75) is 37.0 Å². The van der Waals surface area contributed by atoms with Crippen LogP contribution in [0.25, 0.3) is 11.5 Å². The molecule has 0 atom stereocenters. The standard InChI is InChI=1S/C18H23N3O2S.ClH/c19-13-18(8-4-5-9-18)21-16(22)12-24-11-15-10-23-17(20-15)14-6-2-1-3-7-14;/h1-3,6-7,10H,4-5,8-9,11-13,19H2,(H,21,22);1H. The molecule has 3 N–H and O–H groups in total. The van der Waals surface area contributed by atoms with Gasteiger partial charge in [0.25, 0.3) is 0 Å². The van der Waals surface area contributed by atoms with Crippen molar-refractivity contribution in [2.24, 2.45) is 5.73 Å². The van der Waals surface area contributed by atoms with Crippen molar-refractivity contribution < 1.29 is 9.21 Å². The van der Waals surface area contributed by atoms with E-state index in [1.807, 2.05) is 30.3 Å². The summed E-state index contributed by atoms with van der Waals surface area (Å²) >= 11 is 1.54. The molecule has 25 heavy (non-hydrogen) atoms. The highest BCUT2D eigenvalue weighted by Gasteiger charge is 2.33. The molecule has 0 aliphatic heterocycles. The number of nitrogens with zero attached hydrogens (tertiary/aromatic N) is 1. The number of halogens is 1. The zero-order valence-electron chi connectivity index (χ0n) is 14.1. The van der Waals surface area contributed by atoms with Gasteiger partial charge in [-0.25, -0.2) is 4.98 Å². The van der Waals surface area contributed by atoms with Gasteiger partial charge in [0.2, 0.25) is 11.8 Å². The van der Waals surface area contributed by atoms with E-state index in [1.54, 1.807) is 18.0 Å². The number of hydrogen-bond donors (Lipinski definition) is 2. The van der Waals surface area contributed by atoms with Crippen LogP contribution >= 0.6 is 24.2 Å². The minimum Gasteiger partial charge on any atom is -0.444 e. The molecule has 1 fully saturated rings. The summed E-state index contributed by atoms with van der Waals surface area (Å²) in [7, 11) is 0. The molecule has 0 bridgehead atoms. The molecule has 1 aromatic heterocycles. The molecule has 1 heterocycles. The van der Waals surface area contributed by atoms with Crippen LogP contribution in [0.15, 0.2) is 41.0 Å². The summed E-state index contributed by atoms with van der Waals surface area (Å²) in [5, 5.41) is 3.13. The van der Waals surface area contributed by atoms with Gasteiger partial charge in [-0.05, 0) is 25.0 Å². The van der Waals surface area contributed by atoms with E-state index in [0.717, 1.165) is 36.9 Å². The molecule has 1 aliphatic carbocycles. The monoisotopic (exact) mass is 381 g/mol. The van der Waals surface area contributed by atoms with E-state index in [-0.39, 0.29) is 23.9 Å². The van der Waals surface area contributed by atoms with E-state index >= 15 is 0 Å². The fourth-order valence-electron chi connectivity index (χ4n) is 3.10. The number of nitrogens with one attached hydrogen (secondary N) is 1. The molecule has 7 heteroatoms. The highest BCUT2D eigenvalue weighted by Crippen LogP contribution is 2.28. The van der Waals surface area contributed by atoms with E-state index in [2.05, 4.69) is 10.3 Å². The van der Waals surface area contributed by atoms with Crippen molar-refractivity contribution in [1.82, 2.24) is 10.3 Å². The summed E-state index contributed by atoms with van der Waals surface area (Å²) < 4.78 is 5.51. The quantitative estimate of drug-likeness (QED) is 0.768. The first-order chi connectivity index (χ1) is 11.7. The highest BCUT2D eigenvalue weighted by molar-refractivity contribution is 7.99. The number of amides is 1. The van der Waals surface area contributed by atoms with Crippen molar-refractivity contribution in [3.8, 4) is 11.5 Å². The number of aromatic nitrogens is 1. The average molecular weight is 382 g/mol. The summed E-state index contributed by atoms with van der Waals surface area (Å²) in [6.45, 7) is 0.521. The van der Waals surface area contributed by atoms with Crippen LogP contribution < -0.4 is 11.1 Å². The molecule has 0 spiro atoms. The normalized spacial score (nSPS) is 15.6. The molecule has 0 unspecified atom stereocenters. The third kappa shape index (κ3) is 5.23. The van der Waals surface area contributed by atoms with Crippen LogP contribution in [0, 0.1) is 0 Å². The molecule has 1 saturated carbocycles. The number of thioether (sulfide) groups is 1. The largest absolute Gasteiger partial charge is 0.444 e. The second kappa shape index (κ2) is 9.27. The molecular formula is C18H24ClN3O2S. The predicted octanol–water partition coefficient (Wildman–Crippen LogP) is 3.38.